The Kier molecular flexibility index (Phi) is 4.39. The molecule has 0 aromatic carbocycles. The number of rotatable bonds is 5. The SMILES string of the molecule is Cc1ccc(Nc2nccc([C@H]3CCN(Cc4ncc[nH]4)C3)n2)nc1. The molecule has 0 amide bonds. The number of nitrogens with zero attached hydrogens (tertiary/aromatic N) is 5. The van der Waals surface area contributed by atoms with Gasteiger partial charge in [-0.15, -0.1) is 0 Å². The normalized spacial score (nSPS) is 17.7. The highest BCUT2D eigenvalue weighted by Gasteiger charge is 2.25. The van der Waals surface area contributed by atoms with Gasteiger partial charge in [-0.1, -0.05) is 6.07 Å². The molecule has 1 aliphatic rings. The molecule has 7 heteroatoms. The van der Waals surface area contributed by atoms with Crippen LogP contribution in [-0.4, -0.2) is 42.9 Å². The zero-order valence-corrected chi connectivity index (χ0v) is 14.2. The molecule has 4 heterocycles. The second-order valence-corrected chi connectivity index (χ2v) is 6.41. The van der Waals surface area contributed by atoms with E-state index in [0.717, 1.165) is 49.0 Å². The van der Waals surface area contributed by atoms with Crippen molar-refractivity contribution in [2.75, 3.05) is 18.4 Å². The number of pyridine rings is 1. The Hall–Kier alpha value is -2.80. The maximum absolute atomic E-state index is 4.69. The van der Waals surface area contributed by atoms with E-state index in [2.05, 4.69) is 30.2 Å². The van der Waals surface area contributed by atoms with E-state index in [4.69, 9.17) is 4.98 Å². The summed E-state index contributed by atoms with van der Waals surface area (Å²) in [5.41, 5.74) is 2.20. The van der Waals surface area contributed by atoms with Crippen molar-refractivity contribution in [3.05, 3.63) is 60.1 Å². The summed E-state index contributed by atoms with van der Waals surface area (Å²) in [6.07, 6.45) is 8.40. The van der Waals surface area contributed by atoms with Crippen LogP contribution >= 0.6 is 0 Å². The van der Waals surface area contributed by atoms with Crippen molar-refractivity contribution in [2.24, 2.45) is 0 Å². The molecule has 1 fully saturated rings. The number of imidazole rings is 1. The molecule has 128 valence electrons. The van der Waals surface area contributed by atoms with Crippen LogP contribution in [0.3, 0.4) is 0 Å². The fourth-order valence-electron chi connectivity index (χ4n) is 3.13. The van der Waals surface area contributed by atoms with Crippen LogP contribution in [0.25, 0.3) is 0 Å². The number of hydrogen-bond donors (Lipinski definition) is 2. The maximum atomic E-state index is 4.69. The summed E-state index contributed by atoms with van der Waals surface area (Å²) < 4.78 is 0. The third-order valence-corrected chi connectivity index (χ3v) is 4.45. The summed E-state index contributed by atoms with van der Waals surface area (Å²) in [5, 5.41) is 3.18. The largest absolute Gasteiger partial charge is 0.348 e. The third kappa shape index (κ3) is 3.83. The van der Waals surface area contributed by atoms with Crippen LogP contribution in [0.1, 0.15) is 29.4 Å². The molecule has 0 saturated carbocycles. The molecule has 3 aromatic heterocycles. The zero-order chi connectivity index (χ0) is 17.1. The van der Waals surface area contributed by atoms with Crippen LogP contribution in [-0.2, 0) is 6.54 Å². The van der Waals surface area contributed by atoms with Crippen LogP contribution in [0.4, 0.5) is 11.8 Å². The first kappa shape index (κ1) is 15.7. The summed E-state index contributed by atoms with van der Waals surface area (Å²) in [4.78, 5) is 23.2. The first-order valence-corrected chi connectivity index (χ1v) is 8.49. The number of anilines is 2. The van der Waals surface area contributed by atoms with Crippen LogP contribution in [0.5, 0.6) is 0 Å². The van der Waals surface area contributed by atoms with E-state index in [1.54, 1.807) is 6.20 Å². The zero-order valence-electron chi connectivity index (χ0n) is 14.2. The van der Waals surface area contributed by atoms with E-state index in [0.29, 0.717) is 11.9 Å². The predicted octanol–water partition coefficient (Wildman–Crippen LogP) is 2.64. The minimum atomic E-state index is 0.421. The Bertz CT molecular complexity index is 814. The average molecular weight is 335 g/mol. The van der Waals surface area contributed by atoms with Crippen LogP contribution in [0, 0.1) is 6.92 Å². The number of H-pyrrole nitrogens is 1. The van der Waals surface area contributed by atoms with Gasteiger partial charge in [0, 0.05) is 37.3 Å². The van der Waals surface area contributed by atoms with Crippen molar-refractivity contribution in [3.63, 3.8) is 0 Å². The van der Waals surface area contributed by atoms with Gasteiger partial charge < -0.3 is 10.3 Å². The lowest BCUT2D eigenvalue weighted by Crippen LogP contribution is -2.20. The second-order valence-electron chi connectivity index (χ2n) is 6.41. The molecule has 0 spiro atoms. The quantitative estimate of drug-likeness (QED) is 0.746. The standard InChI is InChI=1S/C18H21N7/c1-13-2-3-16(22-10-13)24-18-21-6-4-15(23-18)14-5-9-25(11-14)12-17-19-7-8-20-17/h2-4,6-8,10,14H,5,9,11-12H2,1H3,(H,19,20)(H,21,22,23,24)/t14-/m0/s1. The van der Waals surface area contributed by atoms with Gasteiger partial charge in [-0.05, 0) is 37.6 Å². The first-order valence-electron chi connectivity index (χ1n) is 8.49. The second kappa shape index (κ2) is 6.98. The van der Waals surface area contributed by atoms with Gasteiger partial charge in [-0.3, -0.25) is 4.90 Å². The highest BCUT2D eigenvalue weighted by molar-refractivity contribution is 5.47. The third-order valence-electron chi connectivity index (χ3n) is 4.45. The lowest BCUT2D eigenvalue weighted by Gasteiger charge is -2.14. The summed E-state index contributed by atoms with van der Waals surface area (Å²) in [6.45, 7) is 4.91. The van der Waals surface area contributed by atoms with E-state index in [-0.39, 0.29) is 0 Å². The summed E-state index contributed by atoms with van der Waals surface area (Å²) in [5.74, 6) is 2.78. The maximum Gasteiger partial charge on any atom is 0.228 e. The number of aryl methyl sites for hydroxylation is 1. The van der Waals surface area contributed by atoms with Crippen molar-refractivity contribution < 1.29 is 0 Å². The average Bonchev–Trinajstić information content (AvgIpc) is 3.30. The molecule has 0 unspecified atom stereocenters. The van der Waals surface area contributed by atoms with Crippen LogP contribution in [0.2, 0.25) is 0 Å². The molecule has 3 aromatic rings. The van der Waals surface area contributed by atoms with Crippen molar-refractivity contribution in [2.45, 2.75) is 25.8 Å². The Balaban J connectivity index is 1.42. The molecule has 7 nitrogen and oxygen atoms in total. The van der Waals surface area contributed by atoms with Crippen molar-refractivity contribution in [1.29, 1.82) is 0 Å². The molecule has 0 aliphatic carbocycles. The van der Waals surface area contributed by atoms with Gasteiger partial charge in [0.2, 0.25) is 5.95 Å². The lowest BCUT2D eigenvalue weighted by atomic mass is 10.1. The molecule has 4 rings (SSSR count). The van der Waals surface area contributed by atoms with Gasteiger partial charge >= 0.3 is 0 Å². The fourth-order valence-corrected chi connectivity index (χ4v) is 3.13. The van der Waals surface area contributed by atoms with Gasteiger partial charge in [0.1, 0.15) is 11.6 Å². The lowest BCUT2D eigenvalue weighted by molar-refractivity contribution is 0.318. The molecule has 25 heavy (non-hydrogen) atoms. The van der Waals surface area contributed by atoms with Crippen LogP contribution in [0.15, 0.2) is 43.0 Å². The number of likely N-dealkylation sites (tertiary alicyclic amines) is 1. The van der Waals surface area contributed by atoms with Crippen molar-refractivity contribution in [3.8, 4) is 0 Å². The molecule has 2 N–H and O–H groups in total. The van der Waals surface area contributed by atoms with Gasteiger partial charge in [-0.25, -0.2) is 19.9 Å². The molecular formula is C18H21N7. The number of aromatic nitrogens is 5. The highest BCUT2D eigenvalue weighted by Crippen LogP contribution is 2.27. The van der Waals surface area contributed by atoms with Crippen LogP contribution < -0.4 is 5.32 Å². The number of aromatic amines is 1. The molecule has 0 radical (unpaired) electrons. The van der Waals surface area contributed by atoms with E-state index in [1.807, 2.05) is 43.7 Å². The van der Waals surface area contributed by atoms with E-state index in [9.17, 15) is 0 Å². The molecule has 0 bridgehead atoms. The minimum Gasteiger partial charge on any atom is -0.348 e. The molecule has 1 aliphatic heterocycles. The van der Waals surface area contributed by atoms with Gasteiger partial charge in [0.15, 0.2) is 0 Å². The highest BCUT2D eigenvalue weighted by atomic mass is 15.2. The summed E-state index contributed by atoms with van der Waals surface area (Å²) >= 11 is 0. The van der Waals surface area contributed by atoms with Gasteiger partial charge in [0.25, 0.3) is 0 Å². The van der Waals surface area contributed by atoms with Crippen molar-refractivity contribution in [1.82, 2.24) is 29.8 Å². The fraction of sp³-hybridized carbons (Fsp3) is 0.333. The number of hydrogen-bond acceptors (Lipinski definition) is 6. The van der Waals surface area contributed by atoms with Crippen molar-refractivity contribution >= 4 is 11.8 Å². The predicted molar refractivity (Wildman–Crippen MR) is 95.5 cm³/mol. The smallest absolute Gasteiger partial charge is 0.228 e. The Morgan fingerprint density at radius 1 is 1.20 bits per heavy atom. The van der Waals surface area contributed by atoms with Gasteiger partial charge in [0.05, 0.1) is 12.2 Å². The molecule has 1 saturated heterocycles. The first-order chi connectivity index (χ1) is 12.3. The monoisotopic (exact) mass is 335 g/mol. The van der Waals surface area contributed by atoms with Gasteiger partial charge in [-0.2, -0.15) is 0 Å². The number of nitrogens with one attached hydrogen (secondary N) is 2. The minimum absolute atomic E-state index is 0.421. The summed E-state index contributed by atoms with van der Waals surface area (Å²) in [7, 11) is 0. The molecule has 1 atom stereocenters. The summed E-state index contributed by atoms with van der Waals surface area (Å²) in [6, 6.07) is 5.96. The van der Waals surface area contributed by atoms with E-state index in [1.165, 1.54) is 0 Å². The van der Waals surface area contributed by atoms with E-state index < -0.39 is 0 Å². The Labute approximate surface area is 146 Å². The van der Waals surface area contributed by atoms with E-state index >= 15 is 0 Å². The topological polar surface area (TPSA) is 82.6 Å². The molecular weight excluding hydrogens is 314 g/mol. The Morgan fingerprint density at radius 3 is 2.96 bits per heavy atom. The Morgan fingerprint density at radius 2 is 2.16 bits per heavy atom.